The predicted octanol–water partition coefficient (Wildman–Crippen LogP) is 1.02. The predicted molar refractivity (Wildman–Crippen MR) is 41.8 cm³/mol. The minimum Gasteiger partial charge on any atom is -0.384 e. The lowest BCUT2D eigenvalue weighted by Crippen LogP contribution is -1.94. The maximum atomic E-state index is 10.2. The van der Waals surface area contributed by atoms with Crippen molar-refractivity contribution < 1.29 is 9.53 Å². The number of aromatic nitrogens is 1. The zero-order chi connectivity index (χ0) is 8.10. The van der Waals surface area contributed by atoms with Crippen LogP contribution in [0, 0.1) is 0 Å². The second kappa shape index (κ2) is 3.93. The van der Waals surface area contributed by atoms with Crippen molar-refractivity contribution in [3.8, 4) is 0 Å². The minimum atomic E-state index is 0.621. The van der Waals surface area contributed by atoms with Gasteiger partial charge in [0.25, 0.3) is 0 Å². The van der Waals surface area contributed by atoms with Gasteiger partial charge in [0.1, 0.15) is 0 Å². The number of aromatic amines is 1. The summed E-state index contributed by atoms with van der Waals surface area (Å²) in [5.41, 5.74) is 1.66. The molecule has 3 nitrogen and oxygen atoms in total. The highest BCUT2D eigenvalue weighted by atomic mass is 16.5. The highest BCUT2D eigenvalue weighted by Crippen LogP contribution is 1.99. The number of nitrogens with one attached hydrogen (secondary N) is 1. The second-order valence-electron chi connectivity index (χ2n) is 2.30. The molecule has 0 aliphatic carbocycles. The second-order valence-corrected chi connectivity index (χ2v) is 2.30. The Morgan fingerprint density at radius 1 is 1.64 bits per heavy atom. The Hall–Kier alpha value is -1.09. The summed E-state index contributed by atoms with van der Waals surface area (Å²) >= 11 is 0. The molecule has 1 rings (SSSR count). The fourth-order valence-electron chi connectivity index (χ4n) is 0.886. The Labute approximate surface area is 65.4 Å². The molecule has 0 aliphatic heterocycles. The zero-order valence-corrected chi connectivity index (χ0v) is 6.46. The fourth-order valence-corrected chi connectivity index (χ4v) is 0.886. The largest absolute Gasteiger partial charge is 0.384 e. The van der Waals surface area contributed by atoms with Crippen LogP contribution in [0.1, 0.15) is 16.2 Å². The van der Waals surface area contributed by atoms with Gasteiger partial charge in [0.05, 0.1) is 12.3 Å². The van der Waals surface area contributed by atoms with Crippen molar-refractivity contribution in [1.29, 1.82) is 0 Å². The summed E-state index contributed by atoms with van der Waals surface area (Å²) in [5.74, 6) is 0. The molecule has 0 bridgehead atoms. The molecule has 0 unspecified atom stereocenters. The number of hydrogen-bond acceptors (Lipinski definition) is 2. The lowest BCUT2D eigenvalue weighted by molar-refractivity contribution is 0.111. The summed E-state index contributed by atoms with van der Waals surface area (Å²) in [6, 6.07) is 3.65. The van der Waals surface area contributed by atoms with Crippen molar-refractivity contribution >= 4 is 6.29 Å². The van der Waals surface area contributed by atoms with Gasteiger partial charge in [-0.2, -0.15) is 0 Å². The third-order valence-corrected chi connectivity index (χ3v) is 1.47. The highest BCUT2D eigenvalue weighted by molar-refractivity contribution is 5.71. The monoisotopic (exact) mass is 153 g/mol. The number of carbonyl (C=O) groups excluding carboxylic acids is 1. The van der Waals surface area contributed by atoms with Crippen molar-refractivity contribution in [2.24, 2.45) is 0 Å². The number of H-pyrrole nitrogens is 1. The van der Waals surface area contributed by atoms with Crippen molar-refractivity contribution in [1.82, 2.24) is 4.98 Å². The quantitative estimate of drug-likeness (QED) is 0.656. The maximum absolute atomic E-state index is 10.2. The minimum absolute atomic E-state index is 0.621. The Kier molecular flexibility index (Phi) is 2.86. The van der Waals surface area contributed by atoms with Crippen LogP contribution in [0.25, 0.3) is 0 Å². The molecule has 0 radical (unpaired) electrons. The molecule has 3 heteroatoms. The van der Waals surface area contributed by atoms with Crippen LogP contribution in [0.15, 0.2) is 12.1 Å². The van der Waals surface area contributed by atoms with Crippen LogP contribution in [0.5, 0.6) is 0 Å². The number of rotatable bonds is 4. The van der Waals surface area contributed by atoms with Gasteiger partial charge in [-0.25, -0.2) is 0 Å². The number of hydrogen-bond donors (Lipinski definition) is 1. The Morgan fingerprint density at radius 3 is 3.00 bits per heavy atom. The Balaban J connectivity index is 2.51. The summed E-state index contributed by atoms with van der Waals surface area (Å²) in [4.78, 5) is 13.2. The van der Waals surface area contributed by atoms with Gasteiger partial charge in [-0.15, -0.1) is 0 Å². The van der Waals surface area contributed by atoms with Gasteiger partial charge in [-0.05, 0) is 12.1 Å². The van der Waals surface area contributed by atoms with E-state index < -0.39 is 0 Å². The van der Waals surface area contributed by atoms with Gasteiger partial charge in [-0.1, -0.05) is 0 Å². The summed E-state index contributed by atoms with van der Waals surface area (Å²) in [6.07, 6.45) is 1.63. The first-order chi connectivity index (χ1) is 5.36. The Bertz CT molecular complexity index is 230. The van der Waals surface area contributed by atoms with Gasteiger partial charge in [0.2, 0.25) is 0 Å². The van der Waals surface area contributed by atoms with E-state index in [1.54, 1.807) is 13.2 Å². The molecule has 1 aromatic heterocycles. The van der Waals surface area contributed by atoms with E-state index in [4.69, 9.17) is 4.74 Å². The smallest absolute Gasteiger partial charge is 0.166 e. The van der Waals surface area contributed by atoms with E-state index in [2.05, 4.69) is 4.98 Å². The van der Waals surface area contributed by atoms with Crippen LogP contribution in [-0.2, 0) is 11.2 Å². The SMILES string of the molecule is COCCc1ccc(C=O)[nH]1. The topological polar surface area (TPSA) is 42.1 Å². The first-order valence-electron chi connectivity index (χ1n) is 3.49. The molecule has 0 saturated heterocycles. The van der Waals surface area contributed by atoms with Crippen LogP contribution < -0.4 is 0 Å². The van der Waals surface area contributed by atoms with E-state index in [0.29, 0.717) is 12.3 Å². The highest BCUT2D eigenvalue weighted by Gasteiger charge is 1.95. The average Bonchev–Trinajstić information content (AvgIpc) is 2.48. The molecule has 0 fully saturated rings. The number of ether oxygens (including phenoxy) is 1. The Morgan fingerprint density at radius 2 is 2.45 bits per heavy atom. The van der Waals surface area contributed by atoms with Gasteiger partial charge < -0.3 is 9.72 Å². The van der Waals surface area contributed by atoms with Crippen LogP contribution in [0.2, 0.25) is 0 Å². The average molecular weight is 153 g/mol. The molecule has 0 atom stereocenters. The molecule has 1 N–H and O–H groups in total. The van der Waals surface area contributed by atoms with Gasteiger partial charge in [-0.3, -0.25) is 4.79 Å². The van der Waals surface area contributed by atoms with E-state index in [9.17, 15) is 4.79 Å². The molecule has 0 aromatic carbocycles. The molecule has 1 heterocycles. The molecule has 60 valence electrons. The molecule has 11 heavy (non-hydrogen) atoms. The van der Waals surface area contributed by atoms with Crippen LogP contribution in [0.3, 0.4) is 0 Å². The number of carbonyl (C=O) groups is 1. The van der Waals surface area contributed by atoms with Crippen molar-refractivity contribution in [3.05, 3.63) is 23.5 Å². The summed E-state index contributed by atoms with van der Waals surface area (Å²) < 4.78 is 4.88. The standard InChI is InChI=1S/C8H11NO2/c1-11-5-4-7-2-3-8(6-10)9-7/h2-3,6,9H,4-5H2,1H3. The maximum Gasteiger partial charge on any atom is 0.166 e. The van der Waals surface area contributed by atoms with Crippen LogP contribution in [-0.4, -0.2) is 25.0 Å². The molecule has 0 saturated carbocycles. The van der Waals surface area contributed by atoms with E-state index in [-0.39, 0.29) is 0 Å². The normalized spacial score (nSPS) is 9.91. The number of aldehydes is 1. The molecule has 1 aromatic rings. The molecular weight excluding hydrogens is 142 g/mol. The van der Waals surface area contributed by atoms with E-state index in [1.165, 1.54) is 0 Å². The molecule has 0 aliphatic rings. The van der Waals surface area contributed by atoms with E-state index in [1.807, 2.05) is 6.07 Å². The van der Waals surface area contributed by atoms with Crippen molar-refractivity contribution in [2.75, 3.05) is 13.7 Å². The first-order valence-corrected chi connectivity index (χ1v) is 3.49. The third kappa shape index (κ3) is 2.20. The van der Waals surface area contributed by atoms with Crippen LogP contribution in [0.4, 0.5) is 0 Å². The third-order valence-electron chi connectivity index (χ3n) is 1.47. The first kappa shape index (κ1) is 8.01. The lowest BCUT2D eigenvalue weighted by atomic mass is 10.3. The van der Waals surface area contributed by atoms with Crippen molar-refractivity contribution in [3.63, 3.8) is 0 Å². The van der Waals surface area contributed by atoms with E-state index in [0.717, 1.165) is 18.4 Å². The number of methoxy groups -OCH3 is 1. The van der Waals surface area contributed by atoms with Gasteiger partial charge in [0.15, 0.2) is 6.29 Å². The summed E-state index contributed by atoms with van der Waals surface area (Å²) in [5, 5.41) is 0. The molecule has 0 amide bonds. The zero-order valence-electron chi connectivity index (χ0n) is 6.46. The van der Waals surface area contributed by atoms with Gasteiger partial charge in [0, 0.05) is 19.2 Å². The fraction of sp³-hybridized carbons (Fsp3) is 0.375. The van der Waals surface area contributed by atoms with Crippen LogP contribution >= 0.6 is 0 Å². The summed E-state index contributed by atoms with van der Waals surface area (Å²) in [7, 11) is 1.66. The van der Waals surface area contributed by atoms with Gasteiger partial charge >= 0.3 is 0 Å². The molecular formula is C8H11NO2. The molecule has 0 spiro atoms. The summed E-state index contributed by atoms with van der Waals surface area (Å²) in [6.45, 7) is 0.679. The van der Waals surface area contributed by atoms with E-state index >= 15 is 0 Å². The van der Waals surface area contributed by atoms with Crippen molar-refractivity contribution in [2.45, 2.75) is 6.42 Å². The lowest BCUT2D eigenvalue weighted by Gasteiger charge is -1.94.